The van der Waals surface area contributed by atoms with E-state index in [2.05, 4.69) is 0 Å². The topological polar surface area (TPSA) is 49.7 Å². The normalized spacial score (nSPS) is 10.3. The SMILES string of the molecule is Cc1ccc(COc2ccc(B(O)O)cc2)c(Cl)c1. The van der Waals surface area contributed by atoms with Crippen LogP contribution in [0, 0.1) is 6.92 Å². The average molecular weight is 277 g/mol. The quantitative estimate of drug-likeness (QED) is 0.839. The van der Waals surface area contributed by atoms with Gasteiger partial charge in [0.2, 0.25) is 0 Å². The number of benzene rings is 2. The van der Waals surface area contributed by atoms with E-state index in [4.69, 9.17) is 26.4 Å². The van der Waals surface area contributed by atoms with Gasteiger partial charge in [-0.15, -0.1) is 0 Å². The Bertz CT molecular complexity index is 555. The number of ether oxygens (including phenoxy) is 1. The molecule has 2 aromatic carbocycles. The van der Waals surface area contributed by atoms with Crippen LogP contribution in [0.4, 0.5) is 0 Å². The maximum absolute atomic E-state index is 8.98. The molecule has 2 N–H and O–H groups in total. The molecule has 3 nitrogen and oxygen atoms in total. The summed E-state index contributed by atoms with van der Waals surface area (Å²) < 4.78 is 5.60. The molecule has 2 aromatic rings. The van der Waals surface area contributed by atoms with E-state index in [-0.39, 0.29) is 0 Å². The van der Waals surface area contributed by atoms with E-state index < -0.39 is 7.12 Å². The molecule has 0 spiro atoms. The first kappa shape index (κ1) is 13.9. The number of hydrogen-bond acceptors (Lipinski definition) is 3. The van der Waals surface area contributed by atoms with Crippen LogP contribution < -0.4 is 10.2 Å². The molecule has 0 heterocycles. The van der Waals surface area contributed by atoms with Gasteiger partial charge in [0.05, 0.1) is 0 Å². The molecule has 0 radical (unpaired) electrons. The molecule has 98 valence electrons. The fourth-order valence-corrected chi connectivity index (χ4v) is 1.96. The molecular weight excluding hydrogens is 262 g/mol. The van der Waals surface area contributed by atoms with Gasteiger partial charge in [-0.2, -0.15) is 0 Å². The van der Waals surface area contributed by atoms with Crippen molar-refractivity contribution in [1.82, 2.24) is 0 Å². The Labute approximate surface area is 117 Å². The van der Waals surface area contributed by atoms with Gasteiger partial charge in [-0.1, -0.05) is 35.9 Å². The molecule has 0 aliphatic rings. The van der Waals surface area contributed by atoms with Gasteiger partial charge >= 0.3 is 7.12 Å². The first-order chi connectivity index (χ1) is 9.06. The summed E-state index contributed by atoms with van der Waals surface area (Å²) in [5.74, 6) is 0.654. The van der Waals surface area contributed by atoms with Crippen LogP contribution in [-0.2, 0) is 6.61 Å². The molecule has 19 heavy (non-hydrogen) atoms. The Balaban J connectivity index is 2.02. The smallest absolute Gasteiger partial charge is 0.488 e. The van der Waals surface area contributed by atoms with E-state index in [1.807, 2.05) is 25.1 Å². The van der Waals surface area contributed by atoms with E-state index in [0.29, 0.717) is 22.8 Å². The van der Waals surface area contributed by atoms with Crippen LogP contribution in [0.25, 0.3) is 0 Å². The van der Waals surface area contributed by atoms with Crippen molar-refractivity contribution in [2.75, 3.05) is 0 Å². The van der Waals surface area contributed by atoms with Crippen molar-refractivity contribution in [2.45, 2.75) is 13.5 Å². The van der Waals surface area contributed by atoms with Crippen molar-refractivity contribution in [3.63, 3.8) is 0 Å². The molecular formula is C14H14BClO3. The zero-order valence-corrected chi connectivity index (χ0v) is 11.3. The van der Waals surface area contributed by atoms with Crippen molar-refractivity contribution < 1.29 is 14.8 Å². The lowest BCUT2D eigenvalue weighted by atomic mass is 9.80. The van der Waals surface area contributed by atoms with Crippen LogP contribution in [0.5, 0.6) is 5.75 Å². The van der Waals surface area contributed by atoms with E-state index >= 15 is 0 Å². The highest BCUT2D eigenvalue weighted by molar-refractivity contribution is 6.58. The summed E-state index contributed by atoms with van der Waals surface area (Å²) in [6.07, 6.45) is 0. The maximum atomic E-state index is 8.98. The predicted octanol–water partition coefficient (Wildman–Crippen LogP) is 1.91. The van der Waals surface area contributed by atoms with Gasteiger partial charge in [0.25, 0.3) is 0 Å². The molecule has 0 unspecified atom stereocenters. The van der Waals surface area contributed by atoms with E-state index in [9.17, 15) is 0 Å². The average Bonchev–Trinajstić information content (AvgIpc) is 2.38. The van der Waals surface area contributed by atoms with Crippen molar-refractivity contribution in [2.24, 2.45) is 0 Å². The molecule has 0 amide bonds. The van der Waals surface area contributed by atoms with Gasteiger partial charge in [-0.05, 0) is 36.1 Å². The minimum atomic E-state index is -1.46. The second-order valence-electron chi connectivity index (χ2n) is 4.33. The fraction of sp³-hybridized carbons (Fsp3) is 0.143. The predicted molar refractivity (Wildman–Crippen MR) is 76.8 cm³/mol. The minimum Gasteiger partial charge on any atom is -0.489 e. The Hall–Kier alpha value is -1.49. The Morgan fingerprint density at radius 2 is 1.79 bits per heavy atom. The molecule has 5 heteroatoms. The van der Waals surface area contributed by atoms with E-state index in [0.717, 1.165) is 11.1 Å². The van der Waals surface area contributed by atoms with Crippen molar-refractivity contribution in [3.05, 3.63) is 58.6 Å². The van der Waals surface area contributed by atoms with Gasteiger partial charge in [0.1, 0.15) is 12.4 Å². The van der Waals surface area contributed by atoms with Crippen molar-refractivity contribution in [1.29, 1.82) is 0 Å². The molecule has 0 saturated carbocycles. The molecule has 0 atom stereocenters. The Kier molecular flexibility index (Phi) is 4.48. The lowest BCUT2D eigenvalue weighted by Gasteiger charge is -2.09. The summed E-state index contributed by atoms with van der Waals surface area (Å²) in [7, 11) is -1.46. The lowest BCUT2D eigenvalue weighted by Crippen LogP contribution is -2.29. The number of halogens is 1. The summed E-state index contributed by atoms with van der Waals surface area (Å²) >= 11 is 6.12. The fourth-order valence-electron chi connectivity index (χ4n) is 1.67. The third-order valence-electron chi connectivity index (χ3n) is 2.78. The third kappa shape index (κ3) is 3.74. The van der Waals surface area contributed by atoms with Gasteiger partial charge in [0, 0.05) is 10.6 Å². The molecule has 0 bridgehead atoms. The Morgan fingerprint density at radius 3 is 2.37 bits per heavy atom. The summed E-state index contributed by atoms with van der Waals surface area (Å²) in [4.78, 5) is 0. The zero-order valence-electron chi connectivity index (χ0n) is 10.5. The second kappa shape index (κ2) is 6.11. The zero-order chi connectivity index (χ0) is 13.8. The standard InChI is InChI=1S/C14H14BClO3/c1-10-2-3-11(14(16)8-10)9-19-13-6-4-12(5-7-13)15(17)18/h2-8,17-18H,9H2,1H3. The molecule has 0 aliphatic heterocycles. The summed E-state index contributed by atoms with van der Waals surface area (Å²) in [6, 6.07) is 12.4. The van der Waals surface area contributed by atoms with Gasteiger partial charge in [-0.3, -0.25) is 0 Å². The van der Waals surface area contributed by atoms with Crippen LogP contribution >= 0.6 is 11.6 Å². The minimum absolute atomic E-state index is 0.375. The number of aryl methyl sites for hydroxylation is 1. The highest BCUT2D eigenvalue weighted by atomic mass is 35.5. The van der Waals surface area contributed by atoms with Gasteiger partial charge in [-0.25, -0.2) is 0 Å². The summed E-state index contributed by atoms with van der Waals surface area (Å²) in [6.45, 7) is 2.36. The Morgan fingerprint density at radius 1 is 1.11 bits per heavy atom. The van der Waals surface area contributed by atoms with Crippen LogP contribution in [0.1, 0.15) is 11.1 Å². The van der Waals surface area contributed by atoms with Crippen LogP contribution in [0.2, 0.25) is 5.02 Å². The lowest BCUT2D eigenvalue weighted by molar-refractivity contribution is 0.306. The van der Waals surface area contributed by atoms with Crippen molar-refractivity contribution >= 4 is 24.2 Å². The summed E-state index contributed by atoms with van der Waals surface area (Å²) in [5, 5.41) is 18.6. The van der Waals surface area contributed by atoms with Crippen LogP contribution in [0.15, 0.2) is 42.5 Å². The molecule has 0 fully saturated rings. The first-order valence-corrected chi connectivity index (χ1v) is 6.28. The summed E-state index contributed by atoms with van der Waals surface area (Å²) in [5.41, 5.74) is 2.45. The largest absolute Gasteiger partial charge is 0.489 e. The maximum Gasteiger partial charge on any atom is 0.488 e. The van der Waals surface area contributed by atoms with Crippen molar-refractivity contribution in [3.8, 4) is 5.75 Å². The first-order valence-electron chi connectivity index (χ1n) is 5.90. The molecule has 0 aliphatic carbocycles. The second-order valence-corrected chi connectivity index (χ2v) is 4.73. The van der Waals surface area contributed by atoms with Crippen LogP contribution in [0.3, 0.4) is 0 Å². The third-order valence-corrected chi connectivity index (χ3v) is 3.13. The highest BCUT2D eigenvalue weighted by Gasteiger charge is 2.10. The van der Waals surface area contributed by atoms with E-state index in [1.54, 1.807) is 24.3 Å². The number of rotatable bonds is 4. The van der Waals surface area contributed by atoms with E-state index in [1.165, 1.54) is 0 Å². The van der Waals surface area contributed by atoms with Gasteiger partial charge < -0.3 is 14.8 Å². The monoisotopic (exact) mass is 276 g/mol. The molecule has 0 aromatic heterocycles. The highest BCUT2D eigenvalue weighted by Crippen LogP contribution is 2.19. The van der Waals surface area contributed by atoms with Gasteiger partial charge in [0.15, 0.2) is 0 Å². The molecule has 2 rings (SSSR count). The number of hydrogen-bond donors (Lipinski definition) is 2. The van der Waals surface area contributed by atoms with Crippen LogP contribution in [-0.4, -0.2) is 17.2 Å². The molecule has 0 saturated heterocycles.